The molecule has 8 nitrogen and oxygen atoms in total. The number of amides is 1. The van der Waals surface area contributed by atoms with Gasteiger partial charge in [-0.1, -0.05) is 42.5 Å². The average molecular weight is 582 g/mol. The van der Waals surface area contributed by atoms with Gasteiger partial charge in [-0.05, 0) is 79.3 Å². The van der Waals surface area contributed by atoms with E-state index in [1.54, 1.807) is 22.4 Å². The number of benzene rings is 3. The molecule has 0 radical (unpaired) electrons. The second kappa shape index (κ2) is 9.99. The van der Waals surface area contributed by atoms with E-state index >= 15 is 0 Å². The van der Waals surface area contributed by atoms with Gasteiger partial charge in [-0.25, -0.2) is 4.79 Å². The Kier molecular flexibility index (Phi) is 6.03. The van der Waals surface area contributed by atoms with Gasteiger partial charge in [0.05, 0.1) is 40.0 Å². The maximum atomic E-state index is 13.7. The molecule has 218 valence electrons. The van der Waals surface area contributed by atoms with Crippen molar-refractivity contribution in [2.24, 2.45) is 7.05 Å². The molecule has 3 atom stereocenters. The van der Waals surface area contributed by atoms with Crippen LogP contribution < -0.4 is 5.69 Å². The van der Waals surface area contributed by atoms with Gasteiger partial charge in [0.2, 0.25) is 0 Å². The van der Waals surface area contributed by atoms with Crippen LogP contribution in [0.1, 0.15) is 31.7 Å². The third kappa shape index (κ3) is 4.09. The Balaban J connectivity index is 1.21. The van der Waals surface area contributed by atoms with Crippen molar-refractivity contribution >= 4 is 44.3 Å². The molecule has 1 saturated heterocycles. The van der Waals surface area contributed by atoms with Gasteiger partial charge in [-0.3, -0.25) is 23.9 Å². The quantitative estimate of drug-likeness (QED) is 0.292. The predicted molar refractivity (Wildman–Crippen MR) is 172 cm³/mol. The maximum absolute atomic E-state index is 13.7. The van der Waals surface area contributed by atoms with Gasteiger partial charge in [0, 0.05) is 35.6 Å². The van der Waals surface area contributed by atoms with E-state index in [4.69, 9.17) is 0 Å². The SMILES string of the molecule is CC(O)C(=O)N1C2C=C(c3ccc(-n4c(=O)n(C)c5cnc6ccc(-c7cnc8ccccc8c7)cc6c54)cc3)CC1CC2. The highest BCUT2D eigenvalue weighted by Gasteiger charge is 2.40. The molecule has 6 aromatic rings. The first-order valence-electron chi connectivity index (χ1n) is 15.0. The van der Waals surface area contributed by atoms with Crippen molar-refractivity contribution in [1.82, 2.24) is 24.0 Å². The molecule has 8 heteroatoms. The van der Waals surface area contributed by atoms with Gasteiger partial charge >= 0.3 is 5.69 Å². The number of para-hydroxylation sites is 1. The molecule has 1 amide bonds. The van der Waals surface area contributed by atoms with Crippen LogP contribution in [0.25, 0.3) is 55.2 Å². The molecule has 5 heterocycles. The topological polar surface area (TPSA) is 93.2 Å². The van der Waals surface area contributed by atoms with Crippen LogP contribution in [0, 0.1) is 0 Å². The third-order valence-corrected chi connectivity index (χ3v) is 9.31. The third-order valence-electron chi connectivity index (χ3n) is 9.31. The smallest absolute Gasteiger partial charge is 0.333 e. The maximum Gasteiger partial charge on any atom is 0.333 e. The molecule has 1 N–H and O–H groups in total. The normalized spacial score (nSPS) is 18.7. The lowest BCUT2D eigenvalue weighted by molar-refractivity contribution is -0.141. The first kappa shape index (κ1) is 26.5. The second-order valence-corrected chi connectivity index (χ2v) is 12.0. The zero-order chi connectivity index (χ0) is 30.1. The minimum Gasteiger partial charge on any atom is -0.384 e. The summed E-state index contributed by atoms with van der Waals surface area (Å²) in [6.07, 6.45) is 7.44. The monoisotopic (exact) mass is 581 g/mol. The summed E-state index contributed by atoms with van der Waals surface area (Å²) in [5.74, 6) is -0.194. The Morgan fingerprint density at radius 1 is 0.909 bits per heavy atom. The number of hydrogen-bond donors (Lipinski definition) is 1. The molecule has 44 heavy (non-hydrogen) atoms. The molecule has 8 rings (SSSR count). The molecule has 0 saturated carbocycles. The summed E-state index contributed by atoms with van der Waals surface area (Å²) < 4.78 is 3.42. The van der Waals surface area contributed by atoms with E-state index in [0.29, 0.717) is 0 Å². The van der Waals surface area contributed by atoms with Gasteiger partial charge in [0.25, 0.3) is 5.91 Å². The summed E-state index contributed by atoms with van der Waals surface area (Å²) in [6.45, 7) is 1.54. The van der Waals surface area contributed by atoms with Gasteiger partial charge in [-0.2, -0.15) is 0 Å². The zero-order valence-electron chi connectivity index (χ0n) is 24.5. The Hall–Kier alpha value is -5.08. The zero-order valence-corrected chi connectivity index (χ0v) is 24.5. The molecular formula is C36H31N5O3. The van der Waals surface area contributed by atoms with Crippen LogP contribution in [0.4, 0.5) is 0 Å². The van der Waals surface area contributed by atoms with E-state index < -0.39 is 6.10 Å². The molecule has 0 aliphatic carbocycles. The van der Waals surface area contributed by atoms with Crippen molar-refractivity contribution in [3.05, 3.63) is 107 Å². The minimum atomic E-state index is -0.988. The highest BCUT2D eigenvalue weighted by Crippen LogP contribution is 2.39. The highest BCUT2D eigenvalue weighted by atomic mass is 16.3. The van der Waals surface area contributed by atoms with Crippen LogP contribution in [0.3, 0.4) is 0 Å². The number of pyridine rings is 2. The molecule has 2 aliphatic rings. The van der Waals surface area contributed by atoms with Crippen molar-refractivity contribution in [2.75, 3.05) is 0 Å². The van der Waals surface area contributed by atoms with E-state index in [0.717, 1.165) is 74.5 Å². The lowest BCUT2D eigenvalue weighted by Gasteiger charge is -2.35. The summed E-state index contributed by atoms with van der Waals surface area (Å²) in [6, 6.07) is 24.6. The molecule has 3 unspecified atom stereocenters. The number of nitrogens with zero attached hydrogens (tertiary/aromatic N) is 5. The van der Waals surface area contributed by atoms with Crippen LogP contribution in [-0.2, 0) is 11.8 Å². The number of carbonyl (C=O) groups is 1. The fourth-order valence-corrected chi connectivity index (χ4v) is 7.07. The Bertz CT molecular complexity index is 2210. The number of aromatic nitrogens is 4. The minimum absolute atomic E-state index is 0.0112. The Morgan fingerprint density at radius 2 is 1.68 bits per heavy atom. The van der Waals surface area contributed by atoms with E-state index in [1.807, 2.05) is 53.6 Å². The molecule has 3 aromatic heterocycles. The van der Waals surface area contributed by atoms with Crippen molar-refractivity contribution in [3.8, 4) is 16.8 Å². The van der Waals surface area contributed by atoms with Crippen LogP contribution in [0.5, 0.6) is 0 Å². The van der Waals surface area contributed by atoms with Gasteiger partial charge in [-0.15, -0.1) is 0 Å². The molecule has 0 spiro atoms. The highest BCUT2D eigenvalue weighted by molar-refractivity contribution is 6.05. The number of rotatable bonds is 4. The largest absolute Gasteiger partial charge is 0.384 e. The Morgan fingerprint density at radius 3 is 2.48 bits per heavy atom. The van der Waals surface area contributed by atoms with Crippen LogP contribution in [0.15, 0.2) is 96.1 Å². The van der Waals surface area contributed by atoms with Crippen molar-refractivity contribution in [2.45, 2.75) is 44.4 Å². The molecule has 2 aliphatic heterocycles. The first-order valence-corrected chi connectivity index (χ1v) is 15.0. The van der Waals surface area contributed by atoms with Crippen molar-refractivity contribution < 1.29 is 9.90 Å². The molecule has 1 fully saturated rings. The number of fused-ring (bicyclic) bond motifs is 6. The van der Waals surface area contributed by atoms with Gasteiger partial charge < -0.3 is 10.0 Å². The number of aliphatic hydroxyl groups is 1. The fourth-order valence-electron chi connectivity index (χ4n) is 7.07. The number of aryl methyl sites for hydroxylation is 1. The molecule has 2 bridgehead atoms. The molecule has 3 aromatic carbocycles. The molecular weight excluding hydrogens is 550 g/mol. The van der Waals surface area contributed by atoms with E-state index in [1.165, 1.54) is 12.5 Å². The van der Waals surface area contributed by atoms with Crippen LogP contribution in [0.2, 0.25) is 0 Å². The summed E-state index contributed by atoms with van der Waals surface area (Å²) >= 11 is 0. The van der Waals surface area contributed by atoms with Crippen molar-refractivity contribution in [3.63, 3.8) is 0 Å². The summed E-state index contributed by atoms with van der Waals surface area (Å²) in [7, 11) is 1.78. The first-order chi connectivity index (χ1) is 21.4. The fraction of sp³-hybridized carbons (Fsp3) is 0.222. The van der Waals surface area contributed by atoms with Crippen LogP contribution in [-0.4, -0.2) is 53.2 Å². The standard InChI is InChI=1S/C36H31N5O3/c1-21(42)35(43)40-28-12-13-29(40)17-25(16-28)22-7-10-27(11-8-22)41-34-30-18-23(26-15-24-5-3-4-6-31(24)37-19-26)9-14-32(30)38-20-33(34)39(2)36(41)44/h3-11,14-16,18-21,28-29,42H,12-13,17H2,1-2H3. The van der Waals surface area contributed by atoms with E-state index in [9.17, 15) is 14.7 Å². The van der Waals surface area contributed by atoms with E-state index in [2.05, 4.69) is 46.4 Å². The number of hydrogen-bond acceptors (Lipinski definition) is 5. The van der Waals surface area contributed by atoms with Gasteiger partial charge in [0.1, 0.15) is 6.10 Å². The average Bonchev–Trinajstić information content (AvgIpc) is 3.47. The number of imidazole rings is 1. The number of aliphatic hydroxyl groups excluding tert-OH is 1. The van der Waals surface area contributed by atoms with Crippen LogP contribution >= 0.6 is 0 Å². The summed E-state index contributed by atoms with van der Waals surface area (Å²) in [4.78, 5) is 37.5. The second-order valence-electron chi connectivity index (χ2n) is 12.0. The predicted octanol–water partition coefficient (Wildman–Crippen LogP) is 5.62. The van der Waals surface area contributed by atoms with E-state index in [-0.39, 0.29) is 23.7 Å². The Labute approximate surface area is 253 Å². The summed E-state index contributed by atoms with van der Waals surface area (Å²) in [5, 5.41) is 11.9. The number of carbonyl (C=O) groups excluding carboxylic acids is 1. The van der Waals surface area contributed by atoms with Crippen molar-refractivity contribution in [1.29, 1.82) is 0 Å². The van der Waals surface area contributed by atoms with Gasteiger partial charge in [0.15, 0.2) is 0 Å². The lowest BCUT2D eigenvalue weighted by atomic mass is 9.94. The summed E-state index contributed by atoms with van der Waals surface area (Å²) in [5.41, 5.74) is 8.26. The lowest BCUT2D eigenvalue weighted by Crippen LogP contribution is -2.46.